The quantitative estimate of drug-likeness (QED) is 0.865. The van der Waals surface area contributed by atoms with E-state index in [1.165, 1.54) is 0 Å². The average molecular weight is 286 g/mol. The van der Waals surface area contributed by atoms with E-state index in [9.17, 15) is 8.42 Å². The van der Waals surface area contributed by atoms with Crippen molar-refractivity contribution in [2.24, 2.45) is 0 Å². The van der Waals surface area contributed by atoms with Crippen LogP contribution in [0.4, 0.5) is 0 Å². The van der Waals surface area contributed by atoms with Crippen molar-refractivity contribution in [2.75, 3.05) is 13.6 Å². The Bertz CT molecular complexity index is 562. The second-order valence-corrected chi connectivity index (χ2v) is 7.43. The van der Waals surface area contributed by atoms with Crippen LogP contribution < -0.4 is 5.32 Å². The van der Waals surface area contributed by atoms with Crippen molar-refractivity contribution in [1.29, 1.82) is 0 Å². The summed E-state index contributed by atoms with van der Waals surface area (Å²) in [5.74, 6) is 0. The van der Waals surface area contributed by atoms with Crippen LogP contribution in [0.3, 0.4) is 0 Å². The van der Waals surface area contributed by atoms with Gasteiger partial charge in [0.2, 0.25) is 0 Å². The van der Waals surface area contributed by atoms with Crippen molar-refractivity contribution in [3.63, 3.8) is 0 Å². The third-order valence-corrected chi connectivity index (χ3v) is 5.83. The Morgan fingerprint density at radius 1 is 1.47 bits per heavy atom. The van der Waals surface area contributed by atoms with Gasteiger partial charge in [0, 0.05) is 29.9 Å². The van der Waals surface area contributed by atoms with Crippen molar-refractivity contribution in [3.8, 4) is 0 Å². The highest BCUT2D eigenvalue weighted by Gasteiger charge is 2.42. The number of nitrogens with zero attached hydrogens (tertiary/aromatic N) is 2. The molecule has 1 aromatic heterocycles. The summed E-state index contributed by atoms with van der Waals surface area (Å²) >= 11 is 0. The van der Waals surface area contributed by atoms with E-state index in [4.69, 9.17) is 0 Å². The van der Waals surface area contributed by atoms with E-state index < -0.39 is 10.0 Å². The Morgan fingerprint density at radius 3 is 2.68 bits per heavy atom. The van der Waals surface area contributed by atoms with Gasteiger partial charge in [-0.25, -0.2) is 8.42 Å². The molecule has 1 aromatic rings. The zero-order chi connectivity index (χ0) is 14.3. The van der Waals surface area contributed by atoms with Gasteiger partial charge >= 0.3 is 0 Å². The molecule has 2 rings (SSSR count). The van der Waals surface area contributed by atoms with Crippen LogP contribution in [0.5, 0.6) is 0 Å². The van der Waals surface area contributed by atoms with Crippen LogP contribution >= 0.6 is 0 Å². The number of hydrogen-bond donors (Lipinski definition) is 2. The summed E-state index contributed by atoms with van der Waals surface area (Å²) in [6.07, 6.45) is 1.79. The lowest BCUT2D eigenvalue weighted by molar-refractivity contribution is 0.290. The Morgan fingerprint density at radius 2 is 2.16 bits per heavy atom. The van der Waals surface area contributed by atoms with Crippen LogP contribution in [-0.4, -0.2) is 42.1 Å². The molecule has 0 aliphatic carbocycles. The number of H-pyrrole nitrogens is 1. The maximum absolute atomic E-state index is 12.8. The molecule has 19 heavy (non-hydrogen) atoms. The SMILES string of the molecule is CNCc1c(S(=O)(=O)N2CCCC2(C)C)n[nH]c1C. The van der Waals surface area contributed by atoms with Gasteiger partial charge in [0.15, 0.2) is 5.03 Å². The molecule has 0 bridgehead atoms. The number of nitrogens with one attached hydrogen (secondary N) is 2. The molecule has 6 nitrogen and oxygen atoms in total. The molecule has 7 heteroatoms. The highest BCUT2D eigenvalue weighted by molar-refractivity contribution is 7.89. The molecule has 0 radical (unpaired) electrons. The first-order valence-electron chi connectivity index (χ1n) is 6.52. The molecular weight excluding hydrogens is 264 g/mol. The summed E-state index contributed by atoms with van der Waals surface area (Å²) < 4.78 is 27.1. The van der Waals surface area contributed by atoms with Gasteiger partial charge in [-0.1, -0.05) is 0 Å². The summed E-state index contributed by atoms with van der Waals surface area (Å²) in [5.41, 5.74) is 1.19. The monoisotopic (exact) mass is 286 g/mol. The molecule has 0 saturated carbocycles. The normalized spacial score (nSPS) is 20.0. The van der Waals surface area contributed by atoms with Crippen molar-refractivity contribution in [2.45, 2.75) is 50.7 Å². The molecule has 108 valence electrons. The fourth-order valence-electron chi connectivity index (χ4n) is 2.66. The number of rotatable bonds is 4. The van der Waals surface area contributed by atoms with Gasteiger partial charge < -0.3 is 5.32 Å². The van der Waals surface area contributed by atoms with E-state index in [0.29, 0.717) is 13.1 Å². The number of aromatic amines is 1. The van der Waals surface area contributed by atoms with Crippen LogP contribution in [0, 0.1) is 6.92 Å². The lowest BCUT2D eigenvalue weighted by Gasteiger charge is -2.30. The molecule has 1 aliphatic heterocycles. The summed E-state index contributed by atoms with van der Waals surface area (Å²) in [6.45, 7) is 6.84. The van der Waals surface area contributed by atoms with E-state index >= 15 is 0 Å². The number of hydrogen-bond acceptors (Lipinski definition) is 4. The number of sulfonamides is 1. The standard InChI is InChI=1S/C12H22N4O2S/c1-9-10(8-13-4)11(15-14-9)19(17,18)16-7-5-6-12(16,2)3/h13H,5-8H2,1-4H3,(H,14,15). The van der Waals surface area contributed by atoms with Gasteiger partial charge in [0.05, 0.1) is 0 Å². The van der Waals surface area contributed by atoms with E-state index in [-0.39, 0.29) is 10.6 Å². The second kappa shape index (κ2) is 4.88. The minimum atomic E-state index is -3.53. The Hall–Kier alpha value is -0.920. The maximum Gasteiger partial charge on any atom is 0.263 e. The average Bonchev–Trinajstić information content (AvgIpc) is 2.84. The van der Waals surface area contributed by atoms with E-state index in [1.807, 2.05) is 20.8 Å². The summed E-state index contributed by atoms with van der Waals surface area (Å²) in [4.78, 5) is 0. The minimum Gasteiger partial charge on any atom is -0.316 e. The molecule has 0 aromatic carbocycles. The molecule has 0 spiro atoms. The van der Waals surface area contributed by atoms with Crippen LogP contribution in [0.1, 0.15) is 37.9 Å². The molecule has 2 heterocycles. The summed E-state index contributed by atoms with van der Waals surface area (Å²) in [7, 11) is -1.73. The third kappa shape index (κ3) is 2.42. The molecule has 2 N–H and O–H groups in total. The minimum absolute atomic E-state index is 0.161. The molecule has 0 atom stereocenters. The summed E-state index contributed by atoms with van der Waals surface area (Å²) in [6, 6.07) is 0. The maximum atomic E-state index is 12.8. The van der Waals surface area contributed by atoms with Gasteiger partial charge in [0.1, 0.15) is 0 Å². The first-order valence-corrected chi connectivity index (χ1v) is 7.96. The van der Waals surface area contributed by atoms with Crippen molar-refractivity contribution < 1.29 is 8.42 Å². The number of aromatic nitrogens is 2. The van der Waals surface area contributed by atoms with Crippen LogP contribution in [-0.2, 0) is 16.6 Å². The van der Waals surface area contributed by atoms with Gasteiger partial charge in [-0.15, -0.1) is 0 Å². The van der Waals surface area contributed by atoms with Crippen LogP contribution in [0.15, 0.2) is 5.03 Å². The zero-order valence-electron chi connectivity index (χ0n) is 11.9. The van der Waals surface area contributed by atoms with Crippen molar-refractivity contribution >= 4 is 10.0 Å². The Kier molecular flexibility index (Phi) is 3.72. The van der Waals surface area contributed by atoms with Gasteiger partial charge in [-0.2, -0.15) is 9.40 Å². The van der Waals surface area contributed by atoms with Crippen molar-refractivity contribution in [1.82, 2.24) is 19.8 Å². The van der Waals surface area contributed by atoms with Gasteiger partial charge in [-0.05, 0) is 40.7 Å². The second-order valence-electron chi connectivity index (χ2n) is 5.66. The zero-order valence-corrected chi connectivity index (χ0v) is 12.8. The summed E-state index contributed by atoms with van der Waals surface area (Å²) in [5, 5.41) is 9.96. The lowest BCUT2D eigenvalue weighted by Crippen LogP contribution is -2.43. The first kappa shape index (κ1) is 14.5. The Balaban J connectivity index is 2.46. The topological polar surface area (TPSA) is 78.1 Å². The first-order chi connectivity index (χ1) is 8.80. The Labute approximate surface area is 114 Å². The molecule has 1 aliphatic rings. The molecule has 1 saturated heterocycles. The van der Waals surface area contributed by atoms with Gasteiger partial charge in [-0.3, -0.25) is 5.10 Å². The van der Waals surface area contributed by atoms with Crippen molar-refractivity contribution in [3.05, 3.63) is 11.3 Å². The molecule has 0 unspecified atom stereocenters. The molecule has 0 amide bonds. The lowest BCUT2D eigenvalue weighted by atomic mass is 10.0. The van der Waals surface area contributed by atoms with E-state index in [1.54, 1.807) is 11.4 Å². The largest absolute Gasteiger partial charge is 0.316 e. The number of aryl methyl sites for hydroxylation is 1. The molecule has 1 fully saturated rings. The predicted molar refractivity (Wildman–Crippen MR) is 73.3 cm³/mol. The third-order valence-electron chi connectivity index (χ3n) is 3.75. The van der Waals surface area contributed by atoms with Crippen LogP contribution in [0.25, 0.3) is 0 Å². The highest BCUT2D eigenvalue weighted by atomic mass is 32.2. The highest BCUT2D eigenvalue weighted by Crippen LogP contribution is 2.34. The van der Waals surface area contributed by atoms with E-state index in [0.717, 1.165) is 24.1 Å². The smallest absolute Gasteiger partial charge is 0.263 e. The fraction of sp³-hybridized carbons (Fsp3) is 0.750. The van der Waals surface area contributed by atoms with Gasteiger partial charge in [0.25, 0.3) is 10.0 Å². The van der Waals surface area contributed by atoms with E-state index in [2.05, 4.69) is 15.5 Å². The predicted octanol–water partition coefficient (Wildman–Crippen LogP) is 1.00. The fourth-order valence-corrected chi connectivity index (χ4v) is 4.68. The van der Waals surface area contributed by atoms with Crippen LogP contribution in [0.2, 0.25) is 0 Å². The molecular formula is C12H22N4O2S.